The first-order chi connectivity index (χ1) is 10.6. The van der Waals surface area contributed by atoms with E-state index in [1.807, 2.05) is 6.92 Å². The van der Waals surface area contributed by atoms with Gasteiger partial charge in [0.05, 0.1) is 6.61 Å². The second kappa shape index (κ2) is 4.64. The monoisotopic (exact) mass is 304 g/mol. The lowest BCUT2D eigenvalue weighted by molar-refractivity contribution is 0.179. The average molecular weight is 304 g/mol. The lowest BCUT2D eigenvalue weighted by Gasteiger charge is -2.02. The standard InChI is InChI=1S/C14H16N4O4/c1-2-18-6-8(11(19)16-13(18)20)10-15-12(22-17-10)9-5-14(9)3-4-21-7-14/h6,9H,2-5,7H2,1H3,(H,16,19,20). The molecule has 1 saturated heterocycles. The number of nitrogens with zero attached hydrogens (tertiary/aromatic N) is 3. The zero-order valence-corrected chi connectivity index (χ0v) is 12.2. The molecule has 116 valence electrons. The van der Waals surface area contributed by atoms with Gasteiger partial charge in [0.15, 0.2) is 0 Å². The summed E-state index contributed by atoms with van der Waals surface area (Å²) in [6.07, 6.45) is 3.47. The highest BCUT2D eigenvalue weighted by Gasteiger charge is 2.59. The zero-order valence-electron chi connectivity index (χ0n) is 12.2. The number of rotatable bonds is 3. The molecule has 1 aliphatic heterocycles. The lowest BCUT2D eigenvalue weighted by atomic mass is 10.0. The highest BCUT2D eigenvalue weighted by molar-refractivity contribution is 5.51. The van der Waals surface area contributed by atoms with E-state index >= 15 is 0 Å². The number of aromatic nitrogens is 4. The highest BCUT2D eigenvalue weighted by atomic mass is 16.5. The molecule has 8 nitrogen and oxygen atoms in total. The van der Waals surface area contributed by atoms with Crippen molar-refractivity contribution in [3.63, 3.8) is 0 Å². The van der Waals surface area contributed by atoms with Crippen molar-refractivity contribution in [3.05, 3.63) is 32.9 Å². The van der Waals surface area contributed by atoms with Crippen LogP contribution in [0.25, 0.3) is 11.4 Å². The van der Waals surface area contributed by atoms with Crippen LogP contribution in [0.2, 0.25) is 0 Å². The Balaban J connectivity index is 1.68. The summed E-state index contributed by atoms with van der Waals surface area (Å²) in [5.74, 6) is 0.987. The van der Waals surface area contributed by atoms with Gasteiger partial charge in [-0.2, -0.15) is 4.98 Å². The Morgan fingerprint density at radius 2 is 2.36 bits per heavy atom. The summed E-state index contributed by atoms with van der Waals surface area (Å²) in [6, 6.07) is 0. The fourth-order valence-corrected chi connectivity index (χ4v) is 3.15. The molecule has 2 atom stereocenters. The van der Waals surface area contributed by atoms with Crippen molar-refractivity contribution < 1.29 is 9.26 Å². The maximum atomic E-state index is 11.9. The van der Waals surface area contributed by atoms with Crippen LogP contribution < -0.4 is 11.2 Å². The van der Waals surface area contributed by atoms with Gasteiger partial charge >= 0.3 is 5.69 Å². The fraction of sp³-hybridized carbons (Fsp3) is 0.571. The van der Waals surface area contributed by atoms with Crippen molar-refractivity contribution >= 4 is 0 Å². The van der Waals surface area contributed by atoms with Gasteiger partial charge in [-0.05, 0) is 19.8 Å². The van der Waals surface area contributed by atoms with E-state index in [1.165, 1.54) is 10.8 Å². The van der Waals surface area contributed by atoms with Gasteiger partial charge in [0.1, 0.15) is 5.56 Å². The molecule has 2 aromatic rings. The third-order valence-corrected chi connectivity index (χ3v) is 4.66. The second-order valence-corrected chi connectivity index (χ2v) is 5.97. The van der Waals surface area contributed by atoms with Gasteiger partial charge in [-0.15, -0.1) is 0 Å². The van der Waals surface area contributed by atoms with E-state index in [0.29, 0.717) is 12.4 Å². The Morgan fingerprint density at radius 3 is 3.09 bits per heavy atom. The average Bonchev–Trinajstić information content (AvgIpc) is 2.87. The Hall–Kier alpha value is -2.22. The first-order valence-corrected chi connectivity index (χ1v) is 7.38. The molecule has 1 aliphatic carbocycles. The van der Waals surface area contributed by atoms with Gasteiger partial charge in [0.25, 0.3) is 5.56 Å². The number of nitrogens with one attached hydrogen (secondary N) is 1. The van der Waals surface area contributed by atoms with Gasteiger partial charge in [-0.3, -0.25) is 9.78 Å². The van der Waals surface area contributed by atoms with Crippen molar-refractivity contribution in [2.24, 2.45) is 5.41 Å². The molecule has 1 N–H and O–H groups in total. The SMILES string of the molecule is CCn1cc(-c2noc(C3CC34CCOC4)n2)c(=O)[nH]c1=O. The fourth-order valence-electron chi connectivity index (χ4n) is 3.15. The Kier molecular flexibility index (Phi) is 2.83. The van der Waals surface area contributed by atoms with Crippen LogP contribution in [0.5, 0.6) is 0 Å². The van der Waals surface area contributed by atoms with Crippen LogP contribution in [-0.4, -0.2) is 32.9 Å². The van der Waals surface area contributed by atoms with Gasteiger partial charge < -0.3 is 13.8 Å². The maximum absolute atomic E-state index is 11.9. The number of H-pyrrole nitrogens is 1. The maximum Gasteiger partial charge on any atom is 0.328 e. The smallest absolute Gasteiger partial charge is 0.328 e. The van der Waals surface area contributed by atoms with Crippen LogP contribution in [-0.2, 0) is 11.3 Å². The molecule has 4 rings (SSSR count). The summed E-state index contributed by atoms with van der Waals surface area (Å²) < 4.78 is 12.2. The Bertz CT molecular complexity index is 828. The van der Waals surface area contributed by atoms with Crippen molar-refractivity contribution in [2.45, 2.75) is 32.2 Å². The predicted molar refractivity (Wildman–Crippen MR) is 75.5 cm³/mol. The topological polar surface area (TPSA) is 103 Å². The summed E-state index contributed by atoms with van der Waals surface area (Å²) in [7, 11) is 0. The van der Waals surface area contributed by atoms with Crippen LogP contribution in [0.4, 0.5) is 0 Å². The second-order valence-electron chi connectivity index (χ2n) is 5.97. The minimum absolute atomic E-state index is 0.151. The number of hydrogen-bond donors (Lipinski definition) is 1. The molecular weight excluding hydrogens is 288 g/mol. The molecule has 0 radical (unpaired) electrons. The first-order valence-electron chi connectivity index (χ1n) is 7.38. The molecule has 1 saturated carbocycles. The van der Waals surface area contributed by atoms with Crippen molar-refractivity contribution in [2.75, 3.05) is 13.2 Å². The summed E-state index contributed by atoms with van der Waals surface area (Å²) >= 11 is 0. The highest BCUT2D eigenvalue weighted by Crippen LogP contribution is 2.63. The number of ether oxygens (including phenoxy) is 1. The van der Waals surface area contributed by atoms with E-state index < -0.39 is 11.2 Å². The number of aromatic amines is 1. The van der Waals surface area contributed by atoms with Gasteiger partial charge in [-0.1, -0.05) is 5.16 Å². The van der Waals surface area contributed by atoms with E-state index in [9.17, 15) is 9.59 Å². The third-order valence-electron chi connectivity index (χ3n) is 4.66. The van der Waals surface area contributed by atoms with Gasteiger partial charge in [0, 0.05) is 30.7 Å². The minimum atomic E-state index is -0.503. The molecule has 3 heterocycles. The molecule has 0 aromatic carbocycles. The number of hydrogen-bond acceptors (Lipinski definition) is 6. The molecule has 0 amide bonds. The molecule has 1 spiro atoms. The molecule has 2 aliphatic rings. The van der Waals surface area contributed by atoms with Crippen molar-refractivity contribution in [3.8, 4) is 11.4 Å². The normalized spacial score (nSPS) is 26.7. The Morgan fingerprint density at radius 1 is 1.50 bits per heavy atom. The largest absolute Gasteiger partial charge is 0.381 e. The molecule has 2 unspecified atom stereocenters. The van der Waals surface area contributed by atoms with E-state index in [4.69, 9.17) is 9.26 Å². The minimum Gasteiger partial charge on any atom is -0.381 e. The number of aryl methyl sites for hydroxylation is 1. The lowest BCUT2D eigenvalue weighted by Crippen LogP contribution is -2.30. The van der Waals surface area contributed by atoms with Gasteiger partial charge in [-0.25, -0.2) is 4.79 Å². The zero-order chi connectivity index (χ0) is 15.3. The van der Waals surface area contributed by atoms with Crippen LogP contribution >= 0.6 is 0 Å². The van der Waals surface area contributed by atoms with Gasteiger partial charge in [0.2, 0.25) is 11.7 Å². The first kappa shape index (κ1) is 13.4. The third kappa shape index (κ3) is 1.94. The molecule has 0 bridgehead atoms. The molecular formula is C14H16N4O4. The van der Waals surface area contributed by atoms with Crippen molar-refractivity contribution in [1.29, 1.82) is 0 Å². The van der Waals surface area contributed by atoms with E-state index in [1.54, 1.807) is 0 Å². The summed E-state index contributed by atoms with van der Waals surface area (Å²) in [5.41, 5.74) is -0.548. The van der Waals surface area contributed by atoms with Crippen LogP contribution in [0, 0.1) is 5.41 Å². The molecule has 22 heavy (non-hydrogen) atoms. The molecule has 2 fully saturated rings. The van der Waals surface area contributed by atoms with Crippen LogP contribution in [0.3, 0.4) is 0 Å². The van der Waals surface area contributed by atoms with E-state index in [2.05, 4.69) is 15.1 Å². The molecule has 8 heteroatoms. The predicted octanol–water partition coefficient (Wildman–Crippen LogP) is 0.500. The Labute approximate surface area is 125 Å². The van der Waals surface area contributed by atoms with E-state index in [-0.39, 0.29) is 22.7 Å². The van der Waals surface area contributed by atoms with Crippen LogP contribution in [0.1, 0.15) is 31.6 Å². The van der Waals surface area contributed by atoms with E-state index in [0.717, 1.165) is 26.1 Å². The molecule has 2 aromatic heterocycles. The quantitative estimate of drug-likeness (QED) is 0.885. The summed E-state index contributed by atoms with van der Waals surface area (Å²) in [4.78, 5) is 30.1. The summed E-state index contributed by atoms with van der Waals surface area (Å²) in [5, 5.41) is 3.91. The summed E-state index contributed by atoms with van der Waals surface area (Å²) in [6.45, 7) is 3.78. The van der Waals surface area contributed by atoms with Crippen LogP contribution in [0.15, 0.2) is 20.3 Å². The van der Waals surface area contributed by atoms with Crippen molar-refractivity contribution in [1.82, 2.24) is 19.7 Å².